The molecular weight excluding hydrogens is 348 g/mol. The van der Waals surface area contributed by atoms with Gasteiger partial charge in [0.05, 0.1) is 5.60 Å². The molecule has 12 rings (SSSR count). The number of alkyl halides is 1. The normalized spacial score (nSPS) is 102. The van der Waals surface area contributed by atoms with E-state index in [0.29, 0.717) is 9.93 Å². The van der Waals surface area contributed by atoms with Gasteiger partial charge in [-0.2, -0.15) is 0 Å². The van der Waals surface area contributed by atoms with Crippen LogP contribution < -0.4 is 0 Å². The molecule has 12 saturated carbocycles. The van der Waals surface area contributed by atoms with Gasteiger partial charge in [-0.05, 0) is 107 Å². The molecule has 12 fully saturated rings. The minimum absolute atomic E-state index is 0.414. The highest BCUT2D eigenvalue weighted by atomic mass is 79.9. The Bertz CT molecular complexity index is 672. The summed E-state index contributed by atoms with van der Waals surface area (Å²) in [4.78, 5) is 0. The molecule has 0 aromatic carbocycles. The van der Waals surface area contributed by atoms with Crippen LogP contribution in [-0.4, -0.2) is 17.0 Å². The van der Waals surface area contributed by atoms with Crippen molar-refractivity contribution in [3.63, 3.8) is 0 Å². The largest absolute Gasteiger partial charge is 0.377 e. The number of halogens is 1. The van der Waals surface area contributed by atoms with E-state index in [0.717, 1.165) is 107 Å². The zero-order valence-corrected chi connectivity index (χ0v) is 14.8. The van der Waals surface area contributed by atoms with Crippen LogP contribution in [0.3, 0.4) is 0 Å². The van der Waals surface area contributed by atoms with Crippen LogP contribution in [0.1, 0.15) is 0 Å². The van der Waals surface area contributed by atoms with Gasteiger partial charge >= 0.3 is 0 Å². The fourth-order valence-electron chi connectivity index (χ4n) is 15.7. The zero-order valence-electron chi connectivity index (χ0n) is 13.2. The summed E-state index contributed by atoms with van der Waals surface area (Å²) in [6.45, 7) is 0. The third-order valence-electron chi connectivity index (χ3n) is 13.8. The van der Waals surface area contributed by atoms with E-state index in [2.05, 4.69) is 23.0 Å². The van der Waals surface area contributed by atoms with Crippen LogP contribution in [0.15, 0.2) is 0 Å². The predicted molar refractivity (Wildman–Crippen MR) is 84.2 cm³/mol. The number of ether oxygens (including phenoxy) is 1. The highest BCUT2D eigenvalue weighted by molar-refractivity contribution is 9.10. The van der Waals surface area contributed by atoms with Crippen molar-refractivity contribution in [3.8, 4) is 0 Å². The maximum Gasteiger partial charge on any atom is 0.0779 e. The summed E-state index contributed by atoms with van der Waals surface area (Å²) in [6, 6.07) is 0. The molecule has 23 heavy (non-hydrogen) atoms. The summed E-state index contributed by atoms with van der Waals surface area (Å²) >= 11 is 4.61. The van der Waals surface area contributed by atoms with Gasteiger partial charge in [-0.15, -0.1) is 0 Å². The van der Waals surface area contributed by atoms with E-state index in [1.54, 1.807) is 0 Å². The predicted octanol–water partition coefficient (Wildman–Crippen LogP) is 2.75. The fourth-order valence-corrected chi connectivity index (χ4v) is 17.5. The van der Waals surface area contributed by atoms with Gasteiger partial charge in [0.1, 0.15) is 0 Å². The van der Waals surface area contributed by atoms with Crippen molar-refractivity contribution in [1.82, 2.24) is 0 Å². The summed E-state index contributed by atoms with van der Waals surface area (Å²) in [5.41, 5.74) is 0.414. The van der Waals surface area contributed by atoms with E-state index in [4.69, 9.17) is 4.74 Å². The first-order valence-corrected chi connectivity index (χ1v) is 11.3. The molecule has 0 heterocycles. The van der Waals surface area contributed by atoms with Crippen molar-refractivity contribution in [2.24, 2.45) is 107 Å². The van der Waals surface area contributed by atoms with Crippen LogP contribution in [0.5, 0.6) is 0 Å². The second kappa shape index (κ2) is 2.27. The molecule has 0 radical (unpaired) electrons. The lowest BCUT2D eigenvalue weighted by Crippen LogP contribution is -2.46. The molecular formula is C21H21BrO. The smallest absolute Gasteiger partial charge is 0.0779 e. The van der Waals surface area contributed by atoms with E-state index in [9.17, 15) is 0 Å². The monoisotopic (exact) mass is 368 g/mol. The molecule has 1 nitrogen and oxygen atoms in total. The Labute approximate surface area is 144 Å². The minimum atomic E-state index is 0.414. The molecule has 20 atom stereocenters. The van der Waals surface area contributed by atoms with Crippen LogP contribution in [-0.2, 0) is 4.74 Å². The Balaban J connectivity index is 1.45. The van der Waals surface area contributed by atoms with Gasteiger partial charge < -0.3 is 4.74 Å². The molecule has 8 unspecified atom stereocenters. The van der Waals surface area contributed by atoms with Gasteiger partial charge in [0.25, 0.3) is 0 Å². The standard InChI is InChI=1S/C21H21BrO/c1-23-21-17-8-2-3-9(17)11-6-7-13(19(11)21)12-5-4(10(8)18(12)21)14(2)20(22,15(3)6)16(5)7/h2-19H,1H3/t2-,3-,4-,5+,6+,7-,8-,9-,10+,11+,12+,13-,14?,15?,16?,17?,18?,19?,20?,21?/m0/s1. The first-order valence-electron chi connectivity index (χ1n) is 10.5. The average molecular weight is 369 g/mol. The second-order valence-electron chi connectivity index (χ2n) is 12.0. The van der Waals surface area contributed by atoms with E-state index in [1.165, 1.54) is 0 Å². The molecule has 0 spiro atoms. The zero-order chi connectivity index (χ0) is 14.1. The average Bonchev–Trinajstić information content (AvgIpc) is 3.23. The quantitative estimate of drug-likeness (QED) is 0.646. The van der Waals surface area contributed by atoms with Gasteiger partial charge in [0.15, 0.2) is 0 Å². The fraction of sp³-hybridized carbons (Fsp3) is 1.00. The van der Waals surface area contributed by atoms with E-state index in [-0.39, 0.29) is 0 Å². The second-order valence-corrected chi connectivity index (χ2v) is 13.3. The number of rotatable bonds is 1. The number of hydrogen-bond acceptors (Lipinski definition) is 1. The summed E-state index contributed by atoms with van der Waals surface area (Å²) < 4.78 is 7.39. The van der Waals surface area contributed by atoms with Crippen molar-refractivity contribution in [2.75, 3.05) is 7.11 Å². The summed E-state index contributed by atoms with van der Waals surface area (Å²) in [6.07, 6.45) is 0. The minimum Gasteiger partial charge on any atom is -0.377 e. The number of hydrogen-bond donors (Lipinski definition) is 0. The summed E-state index contributed by atoms with van der Waals surface area (Å²) in [5, 5.41) is 0. The summed E-state index contributed by atoms with van der Waals surface area (Å²) in [7, 11) is 2.15. The molecule has 0 bridgehead atoms. The molecule has 0 aromatic rings. The topological polar surface area (TPSA) is 9.23 Å². The molecule has 2 heteroatoms. The van der Waals surface area contributed by atoms with Gasteiger partial charge in [-0.1, -0.05) is 15.9 Å². The van der Waals surface area contributed by atoms with E-state index in [1.807, 2.05) is 0 Å². The van der Waals surface area contributed by atoms with Gasteiger partial charge in [-0.3, -0.25) is 0 Å². The van der Waals surface area contributed by atoms with Crippen molar-refractivity contribution < 1.29 is 4.74 Å². The van der Waals surface area contributed by atoms with Crippen molar-refractivity contribution in [1.29, 1.82) is 0 Å². The van der Waals surface area contributed by atoms with Gasteiger partial charge in [0, 0.05) is 11.4 Å². The van der Waals surface area contributed by atoms with Crippen molar-refractivity contribution >= 4 is 15.9 Å². The molecule has 0 aromatic heterocycles. The van der Waals surface area contributed by atoms with Crippen molar-refractivity contribution in [3.05, 3.63) is 0 Å². The molecule has 0 aliphatic heterocycles. The Morgan fingerprint density at radius 3 is 1.04 bits per heavy atom. The molecule has 118 valence electrons. The lowest BCUT2D eigenvalue weighted by atomic mass is 9.74. The lowest BCUT2D eigenvalue weighted by Gasteiger charge is -2.41. The van der Waals surface area contributed by atoms with Gasteiger partial charge in [-0.25, -0.2) is 0 Å². The van der Waals surface area contributed by atoms with Crippen LogP contribution in [0, 0.1) is 107 Å². The van der Waals surface area contributed by atoms with Crippen LogP contribution in [0.25, 0.3) is 0 Å². The Kier molecular flexibility index (Phi) is 1.04. The van der Waals surface area contributed by atoms with Crippen LogP contribution >= 0.6 is 15.9 Å². The van der Waals surface area contributed by atoms with E-state index < -0.39 is 0 Å². The number of methoxy groups -OCH3 is 1. The third-order valence-corrected chi connectivity index (χ3v) is 15.3. The maximum absolute atomic E-state index is 6.73. The Morgan fingerprint density at radius 1 is 0.522 bits per heavy atom. The van der Waals surface area contributed by atoms with E-state index >= 15 is 0 Å². The van der Waals surface area contributed by atoms with Crippen LogP contribution in [0.2, 0.25) is 0 Å². The first kappa shape index (κ1) is 10.6. The SMILES string of the molecule is COC12C3[C@@H]4[C@@H]5C6[C@H]7[C@H]8C9[C@H]%10[C@@H]%11C([C@@H]5[C@@H]3[C@H]%11C1[C@@H]%10[C@@H]8C2[C@@H]74)C69Br. The lowest BCUT2D eigenvalue weighted by molar-refractivity contribution is -0.0889. The molecule has 12 aliphatic carbocycles. The van der Waals surface area contributed by atoms with Crippen molar-refractivity contribution in [2.45, 2.75) is 9.93 Å². The molecule has 0 saturated heterocycles. The van der Waals surface area contributed by atoms with Gasteiger partial charge in [0.2, 0.25) is 0 Å². The summed E-state index contributed by atoms with van der Waals surface area (Å²) in [5.74, 6) is 20.2. The highest BCUT2D eigenvalue weighted by Gasteiger charge is 3.04. The third kappa shape index (κ3) is 0.511. The molecule has 0 amide bonds. The molecule has 0 N–H and O–H groups in total. The molecule has 12 aliphatic rings. The maximum atomic E-state index is 6.73. The van der Waals surface area contributed by atoms with Crippen LogP contribution in [0.4, 0.5) is 0 Å². The Morgan fingerprint density at radius 2 is 0.783 bits per heavy atom. The first-order chi connectivity index (χ1) is 11.3. The highest BCUT2D eigenvalue weighted by Crippen LogP contribution is 3.04. The Hall–Kier alpha value is 0.440.